The highest BCUT2D eigenvalue weighted by Gasteiger charge is 2.62. The molecule has 0 atom stereocenters. The third-order valence-electron chi connectivity index (χ3n) is 18.7. The lowest BCUT2D eigenvalue weighted by Crippen LogP contribution is -2.53. The molecule has 0 aromatic heterocycles. The van der Waals surface area contributed by atoms with Crippen molar-refractivity contribution in [3.63, 3.8) is 0 Å². The minimum atomic E-state index is -0.243. The quantitative estimate of drug-likeness (QED) is 0.0710. The van der Waals surface area contributed by atoms with Gasteiger partial charge in [0.15, 0.2) is 11.5 Å². The van der Waals surface area contributed by atoms with Crippen LogP contribution in [0, 0.1) is 53.3 Å². The van der Waals surface area contributed by atoms with Gasteiger partial charge in [0.2, 0.25) is 0 Å². The van der Waals surface area contributed by atoms with Gasteiger partial charge in [-0.3, -0.25) is 0 Å². The smallest absolute Gasteiger partial charge is 0.177 e. The van der Waals surface area contributed by atoms with Crippen molar-refractivity contribution in [3.8, 4) is 51.7 Å². The molecule has 4 aromatic carbocycles. The Balaban J connectivity index is 1.18. The van der Waals surface area contributed by atoms with Crippen molar-refractivity contribution in [1.82, 2.24) is 0 Å². The van der Waals surface area contributed by atoms with Gasteiger partial charge in [0, 0.05) is 51.1 Å². The summed E-state index contributed by atoms with van der Waals surface area (Å²) < 4.78 is 23.0. The molecule has 12 aliphatic rings. The number of aromatic hydroxyl groups is 3. The van der Waals surface area contributed by atoms with Gasteiger partial charge in [-0.15, -0.1) is 0 Å². The van der Waals surface area contributed by atoms with E-state index in [4.69, 9.17) is 31.4 Å². The number of benzene rings is 4. The summed E-state index contributed by atoms with van der Waals surface area (Å²) in [6, 6.07) is 15.8. The maximum atomic E-state index is 10.8. The highest BCUT2D eigenvalue weighted by atomic mass is 16.5. The molecule has 4 aromatic rings. The molecule has 12 saturated carbocycles. The highest BCUT2D eigenvalue weighted by molar-refractivity contribution is 5.73. The van der Waals surface area contributed by atoms with E-state index in [1.165, 1.54) is 68.9 Å². The van der Waals surface area contributed by atoms with E-state index in [-0.39, 0.29) is 44.9 Å². The highest BCUT2D eigenvalue weighted by Crippen LogP contribution is 2.73. The topological polar surface area (TPSA) is 166 Å². The van der Waals surface area contributed by atoms with E-state index < -0.39 is 0 Å². The predicted octanol–water partition coefficient (Wildman–Crippen LogP) is 12.3. The van der Waals surface area contributed by atoms with E-state index in [1.807, 2.05) is 18.2 Å². The number of phenols is 3. The summed E-state index contributed by atoms with van der Waals surface area (Å²) in [4.78, 5) is 0. The Morgan fingerprint density at radius 1 is 0.349 bits per heavy atom. The maximum Gasteiger partial charge on any atom is 0.177 e. The number of hydrogen-bond acceptors (Lipinski definition) is 9. The number of rotatable bonds is 9. The van der Waals surface area contributed by atoms with Gasteiger partial charge in [-0.1, -0.05) is 0 Å². The van der Waals surface area contributed by atoms with E-state index >= 15 is 0 Å². The molecule has 0 spiro atoms. The van der Waals surface area contributed by atoms with Crippen molar-refractivity contribution >= 4 is 17.1 Å². The molecule has 0 saturated heterocycles. The van der Waals surface area contributed by atoms with Crippen LogP contribution in [0.5, 0.6) is 51.7 Å². The Labute approximate surface area is 370 Å². The van der Waals surface area contributed by atoms with Gasteiger partial charge in [-0.2, -0.15) is 0 Å². The van der Waals surface area contributed by atoms with Crippen LogP contribution < -0.4 is 31.4 Å². The minimum absolute atomic E-state index is 0.0139. The van der Waals surface area contributed by atoms with Crippen LogP contribution in [0.25, 0.3) is 0 Å². The van der Waals surface area contributed by atoms with Crippen molar-refractivity contribution in [2.24, 2.45) is 53.3 Å². The van der Waals surface area contributed by atoms with Crippen molar-refractivity contribution in [3.05, 3.63) is 71.3 Å². The van der Waals surface area contributed by atoms with Crippen molar-refractivity contribution in [1.29, 1.82) is 0 Å². The summed E-state index contributed by atoms with van der Waals surface area (Å²) in [5.41, 5.74) is 23.6. The molecule has 16 rings (SSSR count). The number of nitrogen functional groups attached to an aromatic ring is 3. The van der Waals surface area contributed by atoms with Crippen LogP contribution >= 0.6 is 0 Å². The average Bonchev–Trinajstić information content (AvgIpc) is 3.21. The summed E-state index contributed by atoms with van der Waals surface area (Å²) in [6.07, 6.45) is 21.6. The summed E-state index contributed by atoms with van der Waals surface area (Å²) >= 11 is 0. The first-order valence-corrected chi connectivity index (χ1v) is 24.4. The van der Waals surface area contributed by atoms with Crippen molar-refractivity contribution < 1.29 is 29.5 Å². The van der Waals surface area contributed by atoms with E-state index in [1.54, 1.807) is 36.4 Å². The molecular weight excluding hydrogens is 787 g/mol. The zero-order valence-electron chi connectivity index (χ0n) is 36.4. The SMILES string of the molecule is Nc1cc(Oc2c(Oc3ccc(O)c(N)c3)c(C34CC5CC(CC(C5)C3)C4)c(C34CC5CC(CC(C5)C3)C4)c(Oc3ccc(O)c(N)c3)c2C23CC4CC(CC(C4)C2)C3)ccc1O. The largest absolute Gasteiger partial charge is 0.506 e. The van der Waals surface area contributed by atoms with Crippen LogP contribution in [0.15, 0.2) is 54.6 Å². The second-order valence-corrected chi connectivity index (χ2v) is 23.2. The monoisotopic (exact) mass is 849 g/mol. The van der Waals surface area contributed by atoms with Gasteiger partial charge in [-0.05, 0) is 205 Å². The molecule has 12 fully saturated rings. The first kappa shape index (κ1) is 38.5. The van der Waals surface area contributed by atoms with Gasteiger partial charge in [0.05, 0.1) is 17.1 Å². The summed E-state index contributed by atoms with van der Waals surface area (Å²) in [5.74, 6) is 10.1. The molecular formula is C54H63N3O6. The Morgan fingerprint density at radius 3 is 0.873 bits per heavy atom. The second kappa shape index (κ2) is 13.6. The van der Waals surface area contributed by atoms with Gasteiger partial charge < -0.3 is 46.7 Å². The van der Waals surface area contributed by atoms with Crippen LogP contribution in [0.4, 0.5) is 17.1 Å². The standard InChI is InChI=1S/C54H63N3O6/c55-40-16-37(1-4-43(40)58)61-49-46(52-19-28-7-29(20-52)9-30(8-28)21-52)47(53-22-31-10-32(23-53)12-33(11-31)24-53)50(62-38-2-5-44(59)41(56)17-38)51(63-39-3-6-45(60)42(57)18-39)48(49)54-25-34-13-35(26-54)15-36(14-34)27-54/h1-6,16-18,28-36,58-60H,7-15,19-27,55-57H2. The predicted molar refractivity (Wildman–Crippen MR) is 244 cm³/mol. The zero-order chi connectivity index (χ0) is 42.6. The molecule has 9 heteroatoms. The van der Waals surface area contributed by atoms with Gasteiger partial charge in [0.25, 0.3) is 0 Å². The molecule has 12 bridgehead atoms. The number of anilines is 3. The fraction of sp³-hybridized carbons (Fsp3) is 0.556. The Morgan fingerprint density at radius 2 is 0.587 bits per heavy atom. The Bertz CT molecular complexity index is 2440. The maximum absolute atomic E-state index is 10.8. The van der Waals surface area contributed by atoms with Crippen LogP contribution in [0.2, 0.25) is 0 Å². The fourth-order valence-corrected chi connectivity index (χ4v) is 17.9. The van der Waals surface area contributed by atoms with Crippen LogP contribution in [-0.4, -0.2) is 15.3 Å². The fourth-order valence-electron chi connectivity index (χ4n) is 17.9. The normalized spacial score (nSPS) is 37.4. The summed E-state index contributed by atoms with van der Waals surface area (Å²) in [5, 5.41) is 32.2. The molecule has 63 heavy (non-hydrogen) atoms. The van der Waals surface area contributed by atoms with Gasteiger partial charge in [-0.25, -0.2) is 0 Å². The van der Waals surface area contributed by atoms with Gasteiger partial charge >= 0.3 is 0 Å². The summed E-state index contributed by atoms with van der Waals surface area (Å²) in [6.45, 7) is 0. The van der Waals surface area contributed by atoms with Crippen LogP contribution in [-0.2, 0) is 16.2 Å². The zero-order valence-corrected chi connectivity index (χ0v) is 36.4. The lowest BCUT2D eigenvalue weighted by Gasteiger charge is -2.62. The molecule has 12 aliphatic carbocycles. The third kappa shape index (κ3) is 6.06. The number of phenolic OH excluding ortho intramolecular Hbond substituents is 3. The Hall–Kier alpha value is -4.92. The molecule has 0 heterocycles. The first-order chi connectivity index (χ1) is 30.4. The lowest BCUT2D eigenvalue weighted by molar-refractivity contribution is -0.0205. The first-order valence-electron chi connectivity index (χ1n) is 24.4. The Kier molecular flexibility index (Phi) is 8.29. The van der Waals surface area contributed by atoms with Crippen molar-refractivity contribution in [2.45, 2.75) is 132 Å². The van der Waals surface area contributed by atoms with Crippen LogP contribution in [0.3, 0.4) is 0 Å². The minimum Gasteiger partial charge on any atom is -0.506 e. The number of nitrogens with two attached hydrogens (primary N) is 3. The second-order valence-electron chi connectivity index (χ2n) is 23.2. The molecule has 0 aliphatic heterocycles. The average molecular weight is 850 g/mol. The summed E-state index contributed by atoms with van der Waals surface area (Å²) in [7, 11) is 0. The molecule has 0 radical (unpaired) electrons. The van der Waals surface area contributed by atoms with E-state index in [0.29, 0.717) is 81.9 Å². The van der Waals surface area contributed by atoms with Crippen LogP contribution in [0.1, 0.15) is 132 Å². The molecule has 9 N–H and O–H groups in total. The van der Waals surface area contributed by atoms with E-state index in [0.717, 1.165) is 74.8 Å². The van der Waals surface area contributed by atoms with E-state index in [2.05, 4.69) is 0 Å². The number of ether oxygens (including phenoxy) is 3. The van der Waals surface area contributed by atoms with Gasteiger partial charge in [0.1, 0.15) is 40.2 Å². The molecule has 0 unspecified atom stereocenters. The molecule has 9 nitrogen and oxygen atoms in total. The third-order valence-corrected chi connectivity index (χ3v) is 18.7. The van der Waals surface area contributed by atoms with E-state index in [9.17, 15) is 15.3 Å². The van der Waals surface area contributed by atoms with Crippen molar-refractivity contribution in [2.75, 3.05) is 17.2 Å². The molecule has 0 amide bonds. The lowest BCUT2D eigenvalue weighted by atomic mass is 9.43. The molecule has 330 valence electrons. The number of hydrogen-bond donors (Lipinski definition) is 6.